The molecule has 0 amide bonds. The Labute approximate surface area is 418 Å². The zero-order valence-corrected chi connectivity index (χ0v) is 46.0. The van der Waals surface area contributed by atoms with Crippen LogP contribution in [0.5, 0.6) is 0 Å². The van der Waals surface area contributed by atoms with Gasteiger partial charge >= 0.3 is 17.9 Å². The summed E-state index contributed by atoms with van der Waals surface area (Å²) in [6.07, 6.45) is 58.3. The predicted molar refractivity (Wildman–Crippen MR) is 289 cm³/mol. The highest BCUT2D eigenvalue weighted by atomic mass is 16.6. The van der Waals surface area contributed by atoms with E-state index in [2.05, 4.69) is 34.6 Å². The average molecular weight is 948 g/mol. The van der Waals surface area contributed by atoms with Crippen molar-refractivity contribution in [3.63, 3.8) is 0 Å². The minimum Gasteiger partial charge on any atom is -0.462 e. The molecule has 0 radical (unpaired) electrons. The molecule has 0 N–H and O–H groups in total. The molecule has 0 unspecified atom stereocenters. The summed E-state index contributed by atoms with van der Waals surface area (Å²) >= 11 is 0. The highest BCUT2D eigenvalue weighted by Gasteiger charge is 2.19. The van der Waals surface area contributed by atoms with Crippen LogP contribution in [0.15, 0.2) is 0 Å². The minimum atomic E-state index is -0.763. The molecule has 0 saturated heterocycles. The molecule has 0 bridgehead atoms. The molecule has 0 saturated carbocycles. The molecule has 0 heterocycles. The number of hydrogen-bond acceptors (Lipinski definition) is 6. The van der Waals surface area contributed by atoms with Crippen molar-refractivity contribution in [1.29, 1.82) is 0 Å². The van der Waals surface area contributed by atoms with Gasteiger partial charge in [0.15, 0.2) is 6.10 Å². The molecule has 0 spiro atoms. The van der Waals surface area contributed by atoms with Gasteiger partial charge in [0.1, 0.15) is 13.2 Å². The van der Waals surface area contributed by atoms with E-state index >= 15 is 0 Å². The topological polar surface area (TPSA) is 78.9 Å². The maximum absolute atomic E-state index is 12.8. The second-order valence-corrected chi connectivity index (χ2v) is 21.9. The number of unbranched alkanes of at least 4 members (excludes halogenated alkanes) is 40. The fourth-order valence-corrected chi connectivity index (χ4v) is 9.40. The molecular weight excluding hydrogens is 829 g/mol. The Morgan fingerprint density at radius 1 is 0.284 bits per heavy atom. The summed E-state index contributed by atoms with van der Waals surface area (Å²) in [6, 6.07) is 0. The second kappa shape index (κ2) is 53.8. The lowest BCUT2D eigenvalue weighted by Crippen LogP contribution is -2.30. The number of hydrogen-bond donors (Lipinski definition) is 0. The molecular formula is C61H118O6. The SMILES string of the molecule is CCCCCCCCCCCCCCCCCCCCC(=O)OC[C@@H](COC(=O)CCCCCCCCCCCCCCCCCCCCC(C)C)OC(=O)CCCCCCCCCC(C)C. The van der Waals surface area contributed by atoms with Crippen molar-refractivity contribution in [3.05, 3.63) is 0 Å². The van der Waals surface area contributed by atoms with Gasteiger partial charge in [0, 0.05) is 19.3 Å². The van der Waals surface area contributed by atoms with Crippen molar-refractivity contribution in [3.8, 4) is 0 Å². The van der Waals surface area contributed by atoms with E-state index < -0.39 is 6.10 Å². The lowest BCUT2D eigenvalue weighted by atomic mass is 10.0. The first-order valence-corrected chi connectivity index (χ1v) is 30.2. The maximum atomic E-state index is 12.8. The summed E-state index contributed by atoms with van der Waals surface area (Å²) in [4.78, 5) is 38.1. The van der Waals surface area contributed by atoms with Crippen LogP contribution in [0.4, 0.5) is 0 Å². The molecule has 0 aromatic heterocycles. The lowest BCUT2D eigenvalue weighted by Gasteiger charge is -2.18. The molecule has 398 valence electrons. The van der Waals surface area contributed by atoms with E-state index in [4.69, 9.17) is 14.2 Å². The fourth-order valence-electron chi connectivity index (χ4n) is 9.40. The van der Waals surface area contributed by atoms with Crippen LogP contribution in [0.1, 0.15) is 343 Å². The Hall–Kier alpha value is -1.59. The van der Waals surface area contributed by atoms with Crippen molar-refractivity contribution < 1.29 is 28.6 Å². The molecule has 0 rings (SSSR count). The van der Waals surface area contributed by atoms with E-state index in [-0.39, 0.29) is 31.1 Å². The van der Waals surface area contributed by atoms with E-state index in [1.54, 1.807) is 0 Å². The lowest BCUT2D eigenvalue weighted by molar-refractivity contribution is -0.167. The van der Waals surface area contributed by atoms with Crippen molar-refractivity contribution >= 4 is 17.9 Å². The monoisotopic (exact) mass is 947 g/mol. The van der Waals surface area contributed by atoms with E-state index in [1.807, 2.05) is 0 Å². The fraction of sp³-hybridized carbons (Fsp3) is 0.951. The van der Waals surface area contributed by atoms with Crippen molar-refractivity contribution in [2.45, 2.75) is 349 Å². The highest BCUT2D eigenvalue weighted by molar-refractivity contribution is 5.71. The summed E-state index contributed by atoms with van der Waals surface area (Å²) in [5.41, 5.74) is 0. The van der Waals surface area contributed by atoms with E-state index in [0.717, 1.165) is 69.6 Å². The number of rotatable bonds is 55. The third kappa shape index (κ3) is 55.2. The number of carbonyl (C=O) groups is 3. The Bertz CT molecular complexity index is 1020. The normalized spacial score (nSPS) is 12.0. The summed E-state index contributed by atoms with van der Waals surface area (Å²) in [5.74, 6) is 0.796. The van der Waals surface area contributed by atoms with Crippen LogP contribution >= 0.6 is 0 Å². The maximum Gasteiger partial charge on any atom is 0.306 e. The quantitative estimate of drug-likeness (QED) is 0.0343. The second-order valence-electron chi connectivity index (χ2n) is 21.9. The summed E-state index contributed by atoms with van der Waals surface area (Å²) in [5, 5.41) is 0. The van der Waals surface area contributed by atoms with Gasteiger partial charge in [-0.1, -0.05) is 304 Å². The van der Waals surface area contributed by atoms with E-state index in [9.17, 15) is 14.4 Å². The molecule has 0 aromatic carbocycles. The highest BCUT2D eigenvalue weighted by Crippen LogP contribution is 2.18. The van der Waals surface area contributed by atoms with Gasteiger partial charge in [-0.3, -0.25) is 14.4 Å². The van der Waals surface area contributed by atoms with E-state index in [0.29, 0.717) is 19.3 Å². The standard InChI is InChI=1S/C61H118O6/c1-6-7-8-9-10-11-12-13-14-15-19-22-25-28-31-36-41-46-51-59(62)65-54-58(67-61(64)53-48-43-38-33-35-40-45-50-57(4)5)55-66-60(63)52-47-42-37-32-29-26-23-20-17-16-18-21-24-27-30-34-39-44-49-56(2)3/h56-58H,6-55H2,1-5H3/t58-/m0/s1. The van der Waals surface area contributed by atoms with Gasteiger partial charge in [-0.2, -0.15) is 0 Å². The number of carbonyl (C=O) groups excluding carboxylic acids is 3. The smallest absolute Gasteiger partial charge is 0.306 e. The Balaban J connectivity index is 4.17. The first-order valence-electron chi connectivity index (χ1n) is 30.2. The molecule has 67 heavy (non-hydrogen) atoms. The third-order valence-corrected chi connectivity index (χ3v) is 14.0. The largest absolute Gasteiger partial charge is 0.462 e. The van der Waals surface area contributed by atoms with Gasteiger partial charge in [0.25, 0.3) is 0 Å². The molecule has 0 aliphatic heterocycles. The summed E-state index contributed by atoms with van der Waals surface area (Å²) < 4.78 is 16.9. The van der Waals surface area contributed by atoms with Crippen LogP contribution in [-0.2, 0) is 28.6 Å². The van der Waals surface area contributed by atoms with Gasteiger partial charge < -0.3 is 14.2 Å². The van der Waals surface area contributed by atoms with Crippen LogP contribution in [0, 0.1) is 11.8 Å². The number of esters is 3. The Kier molecular flexibility index (Phi) is 52.5. The minimum absolute atomic E-state index is 0.0633. The molecule has 1 atom stereocenters. The number of ether oxygens (including phenoxy) is 3. The van der Waals surface area contributed by atoms with Crippen molar-refractivity contribution in [1.82, 2.24) is 0 Å². The van der Waals surface area contributed by atoms with Gasteiger partial charge in [0.2, 0.25) is 0 Å². The third-order valence-electron chi connectivity index (χ3n) is 14.0. The molecule has 6 nitrogen and oxygen atoms in total. The van der Waals surface area contributed by atoms with Gasteiger partial charge in [0.05, 0.1) is 0 Å². The molecule has 0 aliphatic carbocycles. The van der Waals surface area contributed by atoms with Crippen molar-refractivity contribution in [2.75, 3.05) is 13.2 Å². The van der Waals surface area contributed by atoms with Crippen LogP contribution < -0.4 is 0 Å². The molecule has 6 heteroatoms. The first-order chi connectivity index (χ1) is 32.7. The molecule has 0 aromatic rings. The van der Waals surface area contributed by atoms with Gasteiger partial charge in [-0.25, -0.2) is 0 Å². The van der Waals surface area contributed by atoms with Crippen LogP contribution in [0.2, 0.25) is 0 Å². The Morgan fingerprint density at radius 2 is 0.493 bits per heavy atom. The van der Waals surface area contributed by atoms with Crippen LogP contribution in [0.3, 0.4) is 0 Å². The van der Waals surface area contributed by atoms with E-state index in [1.165, 1.54) is 231 Å². The molecule has 0 fully saturated rings. The van der Waals surface area contributed by atoms with Crippen LogP contribution in [0.25, 0.3) is 0 Å². The average Bonchev–Trinajstić information content (AvgIpc) is 3.30. The molecule has 0 aliphatic rings. The zero-order valence-electron chi connectivity index (χ0n) is 46.0. The summed E-state index contributed by atoms with van der Waals surface area (Å²) in [6.45, 7) is 11.4. The zero-order chi connectivity index (χ0) is 48.9. The van der Waals surface area contributed by atoms with Gasteiger partial charge in [-0.15, -0.1) is 0 Å². The summed E-state index contributed by atoms with van der Waals surface area (Å²) in [7, 11) is 0. The van der Waals surface area contributed by atoms with Crippen LogP contribution in [-0.4, -0.2) is 37.2 Å². The predicted octanol–water partition coefficient (Wildman–Crippen LogP) is 20.0. The Morgan fingerprint density at radius 3 is 0.731 bits per heavy atom. The van der Waals surface area contributed by atoms with Gasteiger partial charge in [-0.05, 0) is 31.1 Å². The van der Waals surface area contributed by atoms with Crippen molar-refractivity contribution in [2.24, 2.45) is 11.8 Å². The first kappa shape index (κ1) is 65.4.